The molecule has 1 aromatic heterocycles. The summed E-state index contributed by atoms with van der Waals surface area (Å²) in [6.45, 7) is 0.881. The predicted octanol–water partition coefficient (Wildman–Crippen LogP) is 2.57. The summed E-state index contributed by atoms with van der Waals surface area (Å²) in [6, 6.07) is 16.8. The van der Waals surface area contributed by atoms with E-state index in [0.717, 1.165) is 18.4 Å². The summed E-state index contributed by atoms with van der Waals surface area (Å²) in [5.74, 6) is 0.0135. The third-order valence-corrected chi connectivity index (χ3v) is 4.51. The van der Waals surface area contributed by atoms with Crippen molar-refractivity contribution < 1.29 is 4.79 Å². The van der Waals surface area contributed by atoms with Crippen LogP contribution in [-0.4, -0.2) is 15.5 Å². The van der Waals surface area contributed by atoms with Crippen LogP contribution in [-0.2, 0) is 17.9 Å². The van der Waals surface area contributed by atoms with Gasteiger partial charge in [-0.1, -0.05) is 48.9 Å². The highest BCUT2D eigenvalue weighted by atomic mass is 16.2. The van der Waals surface area contributed by atoms with Gasteiger partial charge in [-0.2, -0.15) is 0 Å². The van der Waals surface area contributed by atoms with Gasteiger partial charge in [0.15, 0.2) is 0 Å². The number of hydrogen-bond donors (Lipinski definition) is 2. The molecule has 6 nitrogen and oxygen atoms in total. The van der Waals surface area contributed by atoms with Crippen LogP contribution in [0.5, 0.6) is 0 Å². The van der Waals surface area contributed by atoms with Crippen LogP contribution >= 0.6 is 0 Å². The second-order valence-corrected chi connectivity index (χ2v) is 6.51. The van der Waals surface area contributed by atoms with E-state index in [4.69, 9.17) is 0 Å². The molecule has 2 aromatic carbocycles. The highest BCUT2D eigenvalue weighted by molar-refractivity contribution is 5.77. The Morgan fingerprint density at radius 1 is 0.926 bits per heavy atom. The van der Waals surface area contributed by atoms with Crippen molar-refractivity contribution in [2.75, 3.05) is 0 Å². The molecule has 0 saturated heterocycles. The van der Waals surface area contributed by atoms with Crippen LogP contribution in [0.15, 0.2) is 64.2 Å². The maximum absolute atomic E-state index is 12.4. The van der Waals surface area contributed by atoms with Crippen molar-refractivity contribution in [3.8, 4) is 0 Å². The lowest BCUT2D eigenvalue weighted by Gasteiger charge is -2.07. The smallest absolute Gasteiger partial charge is 0.328 e. The van der Waals surface area contributed by atoms with Gasteiger partial charge in [0.1, 0.15) is 0 Å². The lowest BCUT2D eigenvalue weighted by molar-refractivity contribution is -0.121. The molecule has 0 radical (unpaired) electrons. The van der Waals surface area contributed by atoms with Gasteiger partial charge in [-0.25, -0.2) is 4.79 Å². The van der Waals surface area contributed by atoms with Gasteiger partial charge in [0.25, 0.3) is 5.56 Å². The predicted molar refractivity (Wildman–Crippen MR) is 106 cm³/mol. The second kappa shape index (κ2) is 8.98. The number of nitrogens with zero attached hydrogens (tertiary/aromatic N) is 1. The average Bonchev–Trinajstić information content (AvgIpc) is 2.69. The van der Waals surface area contributed by atoms with Gasteiger partial charge in [0.2, 0.25) is 5.91 Å². The van der Waals surface area contributed by atoms with Gasteiger partial charge in [-0.15, -0.1) is 0 Å². The molecule has 6 heteroatoms. The Balaban J connectivity index is 1.44. The van der Waals surface area contributed by atoms with E-state index in [1.165, 1.54) is 4.57 Å². The highest BCUT2D eigenvalue weighted by Crippen LogP contribution is 2.05. The van der Waals surface area contributed by atoms with Gasteiger partial charge in [-0.3, -0.25) is 14.2 Å². The number of benzene rings is 2. The molecule has 0 unspecified atom stereocenters. The average molecular weight is 365 g/mol. The molecule has 3 rings (SSSR count). The number of aromatic nitrogens is 2. The first-order valence-electron chi connectivity index (χ1n) is 9.17. The molecule has 140 valence electrons. The Morgan fingerprint density at radius 3 is 2.48 bits per heavy atom. The van der Waals surface area contributed by atoms with Crippen LogP contribution in [0, 0.1) is 0 Å². The second-order valence-electron chi connectivity index (χ2n) is 6.51. The normalized spacial score (nSPS) is 10.8. The molecule has 0 atom stereocenters. The Bertz CT molecular complexity index is 1020. The van der Waals surface area contributed by atoms with Crippen molar-refractivity contribution in [2.45, 2.75) is 38.8 Å². The summed E-state index contributed by atoms with van der Waals surface area (Å²) >= 11 is 0. The highest BCUT2D eigenvalue weighted by Gasteiger charge is 2.07. The molecule has 0 saturated carbocycles. The first kappa shape index (κ1) is 18.6. The fourth-order valence-electron chi connectivity index (χ4n) is 3.02. The Kier molecular flexibility index (Phi) is 6.20. The van der Waals surface area contributed by atoms with Crippen LogP contribution in [0.3, 0.4) is 0 Å². The Hall–Kier alpha value is -3.15. The molecule has 0 fully saturated rings. The van der Waals surface area contributed by atoms with E-state index in [1.807, 2.05) is 30.3 Å². The number of carbonyl (C=O) groups is 1. The number of rotatable bonds is 8. The lowest BCUT2D eigenvalue weighted by Crippen LogP contribution is -2.35. The Labute approximate surface area is 156 Å². The monoisotopic (exact) mass is 365 g/mol. The van der Waals surface area contributed by atoms with Crippen LogP contribution in [0.1, 0.15) is 31.2 Å². The molecule has 0 aliphatic rings. The van der Waals surface area contributed by atoms with Crippen LogP contribution < -0.4 is 16.6 Å². The van der Waals surface area contributed by atoms with Crippen molar-refractivity contribution in [2.24, 2.45) is 0 Å². The summed E-state index contributed by atoms with van der Waals surface area (Å²) in [6.07, 6.45) is 2.61. The number of hydrogen-bond acceptors (Lipinski definition) is 3. The van der Waals surface area contributed by atoms with E-state index in [9.17, 15) is 14.4 Å². The number of fused-ring (bicyclic) bond motifs is 1. The minimum Gasteiger partial charge on any atom is -0.352 e. The number of para-hydroxylation sites is 1. The van der Waals surface area contributed by atoms with E-state index in [0.29, 0.717) is 36.8 Å². The van der Waals surface area contributed by atoms with Gasteiger partial charge in [0, 0.05) is 19.5 Å². The van der Waals surface area contributed by atoms with Crippen molar-refractivity contribution in [3.05, 3.63) is 81.0 Å². The molecule has 3 aromatic rings. The topological polar surface area (TPSA) is 84.0 Å². The zero-order valence-corrected chi connectivity index (χ0v) is 15.1. The number of aromatic amines is 1. The maximum atomic E-state index is 12.4. The summed E-state index contributed by atoms with van der Waals surface area (Å²) in [7, 11) is 0. The fraction of sp³-hybridized carbons (Fsp3) is 0.286. The molecule has 0 aliphatic heterocycles. The molecule has 1 amide bonds. The first-order chi connectivity index (χ1) is 13.1. The van der Waals surface area contributed by atoms with Gasteiger partial charge in [-0.05, 0) is 30.5 Å². The van der Waals surface area contributed by atoms with Crippen molar-refractivity contribution >= 4 is 16.8 Å². The number of H-pyrrole nitrogens is 1. The minimum atomic E-state index is -0.390. The molecule has 0 aliphatic carbocycles. The van der Waals surface area contributed by atoms with E-state index >= 15 is 0 Å². The number of nitrogens with one attached hydrogen (secondary N) is 2. The molecule has 0 bridgehead atoms. The third kappa shape index (κ3) is 4.94. The fourth-order valence-corrected chi connectivity index (χ4v) is 3.02. The standard InChI is InChI=1S/C21H23N3O3/c25-19(22-15-16-9-3-1-4-10-16)13-5-2-8-14-24-20(26)17-11-6-7-12-18(17)23-21(24)27/h1,3-4,6-7,9-12H,2,5,8,13-15H2,(H,22,25)(H,23,27). The summed E-state index contributed by atoms with van der Waals surface area (Å²) in [5, 5.41) is 3.41. The first-order valence-corrected chi connectivity index (χ1v) is 9.17. The number of amides is 1. The van der Waals surface area contributed by atoms with E-state index in [2.05, 4.69) is 10.3 Å². The van der Waals surface area contributed by atoms with Crippen molar-refractivity contribution in [1.29, 1.82) is 0 Å². The lowest BCUT2D eigenvalue weighted by atomic mass is 10.1. The van der Waals surface area contributed by atoms with Crippen molar-refractivity contribution in [3.63, 3.8) is 0 Å². The number of carbonyl (C=O) groups excluding carboxylic acids is 1. The Morgan fingerprint density at radius 2 is 1.67 bits per heavy atom. The zero-order chi connectivity index (χ0) is 19.1. The van der Waals surface area contributed by atoms with Gasteiger partial charge >= 0.3 is 5.69 Å². The SMILES string of the molecule is O=C(CCCCCn1c(=O)[nH]c2ccccc2c1=O)NCc1ccccc1. The van der Waals surface area contributed by atoms with Crippen LogP contribution in [0.25, 0.3) is 10.9 Å². The van der Waals surface area contributed by atoms with E-state index in [1.54, 1.807) is 24.3 Å². The molecule has 2 N–H and O–H groups in total. The number of unbranched alkanes of at least 4 members (excludes halogenated alkanes) is 2. The zero-order valence-electron chi connectivity index (χ0n) is 15.1. The molecule has 1 heterocycles. The molecule has 27 heavy (non-hydrogen) atoms. The van der Waals surface area contributed by atoms with Crippen molar-refractivity contribution in [1.82, 2.24) is 14.9 Å². The van der Waals surface area contributed by atoms with E-state index < -0.39 is 0 Å². The van der Waals surface area contributed by atoms with E-state index in [-0.39, 0.29) is 17.2 Å². The molecular weight excluding hydrogens is 342 g/mol. The summed E-state index contributed by atoms with van der Waals surface area (Å²) < 4.78 is 1.23. The summed E-state index contributed by atoms with van der Waals surface area (Å²) in [4.78, 5) is 39.1. The van der Waals surface area contributed by atoms with Crippen LogP contribution in [0.4, 0.5) is 0 Å². The van der Waals surface area contributed by atoms with Gasteiger partial charge < -0.3 is 10.3 Å². The minimum absolute atomic E-state index is 0.0135. The molecule has 0 spiro atoms. The van der Waals surface area contributed by atoms with Gasteiger partial charge in [0.05, 0.1) is 10.9 Å². The third-order valence-electron chi connectivity index (χ3n) is 4.51. The molecular formula is C21H23N3O3. The summed E-state index contributed by atoms with van der Waals surface area (Å²) in [5.41, 5.74) is 0.967. The maximum Gasteiger partial charge on any atom is 0.328 e. The quantitative estimate of drug-likeness (QED) is 0.602. The largest absolute Gasteiger partial charge is 0.352 e. The van der Waals surface area contributed by atoms with Crippen LogP contribution in [0.2, 0.25) is 0 Å².